The van der Waals surface area contributed by atoms with Crippen molar-refractivity contribution < 1.29 is 26.9 Å². The van der Waals surface area contributed by atoms with Gasteiger partial charge in [-0.25, -0.2) is 27.6 Å². The third-order valence-corrected chi connectivity index (χ3v) is 7.77. The molecule has 0 aliphatic heterocycles. The van der Waals surface area contributed by atoms with Crippen molar-refractivity contribution in [1.29, 1.82) is 5.41 Å². The maximum Gasteiger partial charge on any atom is 0.411 e. The van der Waals surface area contributed by atoms with Crippen molar-refractivity contribution in [1.82, 2.24) is 20.4 Å². The Bertz CT molecular complexity index is 1650. The van der Waals surface area contributed by atoms with Crippen LogP contribution in [-0.4, -0.2) is 40.8 Å². The van der Waals surface area contributed by atoms with Crippen molar-refractivity contribution >= 4 is 21.9 Å². The molecule has 202 valence electrons. The summed E-state index contributed by atoms with van der Waals surface area (Å²) in [7, 11) is -3.46. The number of nitrogens with two attached hydrogens (primary N) is 2. The number of hydrogen-bond donors (Lipinski definition) is 4. The molecular weight excluding hydrogens is 529 g/mol. The van der Waals surface area contributed by atoms with Crippen LogP contribution in [0.4, 0.5) is 9.18 Å². The van der Waals surface area contributed by atoms with Gasteiger partial charge in [0, 0.05) is 29.3 Å². The largest absolute Gasteiger partial charge is 0.411 e. The van der Waals surface area contributed by atoms with E-state index >= 15 is 0 Å². The van der Waals surface area contributed by atoms with Crippen molar-refractivity contribution in [3.63, 3.8) is 0 Å². The van der Waals surface area contributed by atoms with Gasteiger partial charge in [0.1, 0.15) is 11.5 Å². The van der Waals surface area contributed by atoms with Crippen LogP contribution < -0.4 is 21.5 Å². The van der Waals surface area contributed by atoms with Gasteiger partial charge in [0.15, 0.2) is 27.3 Å². The van der Waals surface area contributed by atoms with Crippen LogP contribution >= 0.6 is 0 Å². The van der Waals surface area contributed by atoms with Gasteiger partial charge in [-0.05, 0) is 32.0 Å². The van der Waals surface area contributed by atoms with Crippen LogP contribution in [0.2, 0.25) is 0 Å². The first-order valence-electron chi connectivity index (χ1n) is 11.5. The molecule has 2 heterocycles. The zero-order valence-electron chi connectivity index (χ0n) is 20.8. The molecule has 0 saturated heterocycles. The molecule has 0 aliphatic carbocycles. The second-order valence-electron chi connectivity index (χ2n) is 8.60. The lowest BCUT2D eigenvalue weighted by Gasteiger charge is -2.10. The number of nitrogens with zero attached hydrogens (tertiary/aromatic N) is 3. The topological polar surface area (TPSA) is 200 Å². The first kappa shape index (κ1) is 27.2. The first-order valence-corrected chi connectivity index (χ1v) is 13.0. The average Bonchev–Trinajstić information content (AvgIpc) is 3.38. The Hall–Kier alpha value is -4.85. The number of sulfone groups is 1. The Balaban J connectivity index is 1.69. The van der Waals surface area contributed by atoms with E-state index < -0.39 is 27.0 Å². The second-order valence-corrected chi connectivity index (χ2v) is 11.1. The van der Waals surface area contributed by atoms with E-state index in [1.54, 1.807) is 32.0 Å². The molecule has 0 spiro atoms. The quantitative estimate of drug-likeness (QED) is 0.185. The molecule has 0 aliphatic rings. The normalized spacial score (nSPS) is 11.4. The maximum atomic E-state index is 14.6. The van der Waals surface area contributed by atoms with Crippen LogP contribution in [0.15, 0.2) is 64.1 Å². The van der Waals surface area contributed by atoms with Gasteiger partial charge in [0.25, 0.3) is 5.88 Å². The molecule has 2 aromatic carbocycles. The van der Waals surface area contributed by atoms with E-state index in [4.69, 9.17) is 26.1 Å². The minimum Gasteiger partial charge on any atom is -0.389 e. The van der Waals surface area contributed by atoms with Crippen LogP contribution in [0.25, 0.3) is 34.0 Å². The van der Waals surface area contributed by atoms with Gasteiger partial charge in [-0.2, -0.15) is 0 Å². The number of rotatable bonds is 8. The Kier molecular flexibility index (Phi) is 7.58. The predicted octanol–water partition coefficient (Wildman–Crippen LogP) is 3.23. The number of ether oxygens (including phenoxy) is 1. The molecule has 0 bridgehead atoms. The van der Waals surface area contributed by atoms with Crippen LogP contribution in [0.5, 0.6) is 5.88 Å². The number of guanidine groups is 1. The molecule has 0 radical (unpaired) electrons. The predicted molar refractivity (Wildman–Crippen MR) is 140 cm³/mol. The van der Waals surface area contributed by atoms with Crippen LogP contribution in [0.1, 0.15) is 19.4 Å². The van der Waals surface area contributed by atoms with Crippen molar-refractivity contribution in [2.24, 2.45) is 11.5 Å². The van der Waals surface area contributed by atoms with Crippen molar-refractivity contribution in [2.45, 2.75) is 30.5 Å². The molecule has 6 N–H and O–H groups in total. The van der Waals surface area contributed by atoms with E-state index in [9.17, 15) is 17.6 Å². The van der Waals surface area contributed by atoms with Crippen molar-refractivity contribution in [3.05, 3.63) is 66.1 Å². The molecular formula is C25H24FN7O5S. The SMILES string of the molecule is CC(C)S(=O)(=O)c1ccc(-c2cnc(OC(N)=O)c(-c3cc(-c4ccc(CNC(=N)N)c(F)c4)no3)n2)cc1. The Morgan fingerprint density at radius 3 is 2.41 bits per heavy atom. The summed E-state index contributed by atoms with van der Waals surface area (Å²) in [6, 6.07) is 11.9. The highest BCUT2D eigenvalue weighted by Crippen LogP contribution is 2.33. The molecule has 0 fully saturated rings. The summed E-state index contributed by atoms with van der Waals surface area (Å²) in [5.74, 6) is -1.02. The van der Waals surface area contributed by atoms with Crippen molar-refractivity contribution in [3.8, 4) is 39.8 Å². The lowest BCUT2D eigenvalue weighted by Crippen LogP contribution is -2.29. The third kappa shape index (κ3) is 6.01. The molecule has 1 amide bonds. The summed E-state index contributed by atoms with van der Waals surface area (Å²) in [5.41, 5.74) is 12.2. The zero-order valence-corrected chi connectivity index (χ0v) is 21.6. The van der Waals surface area contributed by atoms with Gasteiger partial charge < -0.3 is 26.0 Å². The standard InChI is InChI=1S/C25H24FN7O5S/c1-13(2)39(35,36)17-7-5-14(6-8-17)20-12-30-23(37-25(29)34)22(32-20)21-10-19(33-38-21)15-3-4-16(18(26)9-15)11-31-24(27)28/h3-10,12-13H,11H2,1-2H3,(H2,29,34)(H4,27,28,31). The fraction of sp³-hybridized carbons (Fsp3) is 0.160. The summed E-state index contributed by atoms with van der Waals surface area (Å²) in [6.45, 7) is 3.23. The smallest absolute Gasteiger partial charge is 0.389 e. The first-order chi connectivity index (χ1) is 18.5. The molecule has 2 aromatic heterocycles. The molecule has 0 saturated carbocycles. The monoisotopic (exact) mass is 553 g/mol. The summed E-state index contributed by atoms with van der Waals surface area (Å²) in [5, 5.41) is 13.1. The van der Waals surface area contributed by atoms with Crippen molar-refractivity contribution in [2.75, 3.05) is 0 Å². The highest BCUT2D eigenvalue weighted by atomic mass is 32.2. The Labute approximate surface area is 222 Å². The molecule has 4 aromatic rings. The lowest BCUT2D eigenvalue weighted by atomic mass is 10.1. The summed E-state index contributed by atoms with van der Waals surface area (Å²) in [4.78, 5) is 20.2. The van der Waals surface area contributed by atoms with E-state index in [1.807, 2.05) is 0 Å². The Morgan fingerprint density at radius 1 is 1.10 bits per heavy atom. The minimum atomic E-state index is -3.46. The van der Waals surface area contributed by atoms with E-state index in [1.165, 1.54) is 36.5 Å². The molecule has 4 rings (SSSR count). The summed E-state index contributed by atoms with van der Waals surface area (Å²) >= 11 is 0. The highest BCUT2D eigenvalue weighted by molar-refractivity contribution is 7.92. The number of hydrogen-bond acceptors (Lipinski definition) is 9. The minimum absolute atomic E-state index is 0.00770. The van der Waals surface area contributed by atoms with E-state index in [-0.39, 0.29) is 40.4 Å². The second kappa shape index (κ2) is 10.9. The number of carbonyl (C=O) groups excluding carboxylic acids is 1. The van der Waals surface area contributed by atoms with Gasteiger partial charge in [-0.15, -0.1) is 0 Å². The number of benzene rings is 2. The highest BCUT2D eigenvalue weighted by Gasteiger charge is 2.22. The lowest BCUT2D eigenvalue weighted by molar-refractivity contribution is 0.209. The number of aromatic nitrogens is 3. The van der Waals surface area contributed by atoms with Gasteiger partial charge in [-0.1, -0.05) is 29.4 Å². The molecule has 0 unspecified atom stereocenters. The number of amides is 1. The van der Waals surface area contributed by atoms with E-state index in [2.05, 4.69) is 20.4 Å². The van der Waals surface area contributed by atoms with Gasteiger partial charge in [-0.3, -0.25) is 5.41 Å². The maximum absolute atomic E-state index is 14.6. The summed E-state index contributed by atoms with van der Waals surface area (Å²) < 4.78 is 49.8. The van der Waals surface area contributed by atoms with Crippen LogP contribution in [-0.2, 0) is 16.4 Å². The van der Waals surface area contributed by atoms with Gasteiger partial charge in [0.2, 0.25) is 0 Å². The Morgan fingerprint density at radius 2 is 1.79 bits per heavy atom. The zero-order chi connectivity index (χ0) is 28.3. The van der Waals surface area contributed by atoms with Crippen LogP contribution in [0, 0.1) is 11.2 Å². The average molecular weight is 554 g/mol. The molecule has 39 heavy (non-hydrogen) atoms. The molecule has 0 atom stereocenters. The van der Waals surface area contributed by atoms with E-state index in [0.29, 0.717) is 22.4 Å². The molecule has 14 heteroatoms. The number of carbonyl (C=O) groups is 1. The number of primary amides is 1. The van der Waals surface area contributed by atoms with Gasteiger partial charge in [0.05, 0.1) is 22.0 Å². The third-order valence-electron chi connectivity index (χ3n) is 5.60. The van der Waals surface area contributed by atoms with Gasteiger partial charge >= 0.3 is 6.09 Å². The fourth-order valence-electron chi connectivity index (χ4n) is 3.50. The van der Waals surface area contributed by atoms with E-state index in [0.717, 1.165) is 0 Å². The van der Waals surface area contributed by atoms with Crippen LogP contribution in [0.3, 0.4) is 0 Å². The fourth-order valence-corrected chi connectivity index (χ4v) is 4.56. The number of nitrogens with one attached hydrogen (secondary N) is 2. The molecule has 12 nitrogen and oxygen atoms in total. The number of halogens is 1. The summed E-state index contributed by atoms with van der Waals surface area (Å²) in [6.07, 6.45) is 0.201.